The minimum absolute atomic E-state index is 0. The zero-order valence-corrected chi connectivity index (χ0v) is 24.9. The van der Waals surface area contributed by atoms with Crippen molar-refractivity contribution < 1.29 is 26.3 Å². The molecule has 1 amide bonds. The second-order valence-electron chi connectivity index (χ2n) is 10.6. The standard InChI is InChI=1S/C30H32BrN4O.BrH/c1-20-15-26-27(16-21(20)2)34(19-33(26)17-22-9-5-7-11-24(22)31)18-28(36)35-14-13-30(3)23-10-6-8-12-25(23)32(4)29(30)35;/h5-12,15-16,19,29H,13-14,17-18H2,1-4H3;1H/q+1;/p-1. The molecule has 0 bridgehead atoms. The first kappa shape index (κ1) is 26.0. The summed E-state index contributed by atoms with van der Waals surface area (Å²) in [6.45, 7) is 8.47. The highest BCUT2D eigenvalue weighted by atomic mass is 79.9. The molecule has 2 atom stereocenters. The molecule has 4 aromatic rings. The van der Waals surface area contributed by atoms with E-state index in [1.54, 1.807) is 0 Å². The number of aryl methyl sites for hydroxylation is 2. The van der Waals surface area contributed by atoms with Gasteiger partial charge in [-0.3, -0.25) is 4.79 Å². The third-order valence-electron chi connectivity index (χ3n) is 8.42. The highest BCUT2D eigenvalue weighted by Crippen LogP contribution is 2.51. The van der Waals surface area contributed by atoms with Crippen LogP contribution >= 0.6 is 15.9 Å². The van der Waals surface area contributed by atoms with Gasteiger partial charge < -0.3 is 26.8 Å². The average Bonchev–Trinajstić information content (AvgIpc) is 3.45. The van der Waals surface area contributed by atoms with Gasteiger partial charge in [-0.25, -0.2) is 9.13 Å². The number of fused-ring (bicyclic) bond motifs is 4. The topological polar surface area (TPSA) is 32.4 Å². The summed E-state index contributed by atoms with van der Waals surface area (Å²) in [5.41, 5.74) is 8.53. The number of para-hydroxylation sites is 1. The number of carbonyl (C=O) groups is 1. The molecule has 2 aliphatic heterocycles. The number of amides is 1. The Hall–Kier alpha value is -2.64. The first-order valence-corrected chi connectivity index (χ1v) is 13.4. The minimum atomic E-state index is -0.0348. The van der Waals surface area contributed by atoms with Crippen molar-refractivity contribution in [2.75, 3.05) is 18.5 Å². The van der Waals surface area contributed by atoms with E-state index < -0.39 is 0 Å². The van der Waals surface area contributed by atoms with Gasteiger partial charge in [0.25, 0.3) is 5.91 Å². The Morgan fingerprint density at radius 2 is 1.78 bits per heavy atom. The number of anilines is 1. The third kappa shape index (κ3) is 4.11. The molecule has 0 saturated carbocycles. The van der Waals surface area contributed by atoms with Gasteiger partial charge in [-0.05, 0) is 61.2 Å². The lowest BCUT2D eigenvalue weighted by Crippen LogP contribution is -3.00. The number of benzene rings is 3. The first-order chi connectivity index (χ1) is 17.3. The van der Waals surface area contributed by atoms with Gasteiger partial charge in [0, 0.05) is 34.7 Å². The van der Waals surface area contributed by atoms with Gasteiger partial charge in [-0.2, -0.15) is 0 Å². The number of imidazole rings is 1. The predicted molar refractivity (Wildman–Crippen MR) is 147 cm³/mol. The Balaban J connectivity index is 0.00000280. The van der Waals surface area contributed by atoms with Crippen LogP contribution in [0.1, 0.15) is 35.6 Å². The molecule has 0 N–H and O–H groups in total. The summed E-state index contributed by atoms with van der Waals surface area (Å²) < 4.78 is 5.50. The molecule has 3 aromatic carbocycles. The van der Waals surface area contributed by atoms with E-state index in [-0.39, 0.29) is 34.5 Å². The first-order valence-electron chi connectivity index (χ1n) is 12.6. The van der Waals surface area contributed by atoms with E-state index in [1.807, 2.05) is 6.07 Å². The normalized spacial score (nSPS) is 20.2. The van der Waals surface area contributed by atoms with Crippen LogP contribution in [0.5, 0.6) is 0 Å². The number of carbonyl (C=O) groups excluding carboxylic acids is 1. The summed E-state index contributed by atoms with van der Waals surface area (Å²) in [6, 6.07) is 21.4. The van der Waals surface area contributed by atoms with Crippen molar-refractivity contribution in [3.8, 4) is 0 Å². The van der Waals surface area contributed by atoms with Gasteiger partial charge in [0.1, 0.15) is 12.7 Å². The van der Waals surface area contributed by atoms with Crippen LogP contribution in [0, 0.1) is 13.8 Å². The van der Waals surface area contributed by atoms with Crippen molar-refractivity contribution in [1.82, 2.24) is 9.47 Å². The molecule has 192 valence electrons. The van der Waals surface area contributed by atoms with Crippen LogP contribution in [-0.4, -0.2) is 35.1 Å². The fourth-order valence-corrected chi connectivity index (χ4v) is 6.76. The molecule has 3 heterocycles. The molecule has 0 aliphatic carbocycles. The van der Waals surface area contributed by atoms with Crippen LogP contribution in [-0.2, 0) is 23.3 Å². The quantitative estimate of drug-likeness (QED) is 0.327. The number of rotatable bonds is 4. The molecule has 1 fully saturated rings. The number of nitrogens with zero attached hydrogens (tertiary/aromatic N) is 4. The molecule has 1 aromatic heterocycles. The summed E-state index contributed by atoms with van der Waals surface area (Å²) in [7, 11) is 2.13. The van der Waals surface area contributed by atoms with Crippen molar-refractivity contribution in [2.24, 2.45) is 0 Å². The van der Waals surface area contributed by atoms with Gasteiger partial charge in [0.15, 0.2) is 17.6 Å². The van der Waals surface area contributed by atoms with Crippen molar-refractivity contribution >= 4 is 38.6 Å². The van der Waals surface area contributed by atoms with E-state index >= 15 is 0 Å². The summed E-state index contributed by atoms with van der Waals surface area (Å²) in [6.07, 6.45) is 3.15. The maximum absolute atomic E-state index is 13.9. The fraction of sp³-hybridized carbons (Fsp3) is 0.333. The zero-order chi connectivity index (χ0) is 25.2. The van der Waals surface area contributed by atoms with Crippen LogP contribution in [0.4, 0.5) is 5.69 Å². The van der Waals surface area contributed by atoms with Crippen molar-refractivity contribution in [3.05, 3.63) is 93.7 Å². The molecule has 2 aliphatic rings. The van der Waals surface area contributed by atoms with Gasteiger partial charge >= 0.3 is 0 Å². The van der Waals surface area contributed by atoms with Crippen molar-refractivity contribution in [2.45, 2.75) is 51.9 Å². The van der Waals surface area contributed by atoms with Crippen molar-refractivity contribution in [1.29, 1.82) is 0 Å². The Bertz CT molecular complexity index is 1510. The van der Waals surface area contributed by atoms with Crippen molar-refractivity contribution in [3.63, 3.8) is 0 Å². The van der Waals surface area contributed by atoms with E-state index in [1.165, 1.54) is 27.9 Å². The lowest BCUT2D eigenvalue weighted by atomic mass is 9.81. The highest BCUT2D eigenvalue weighted by molar-refractivity contribution is 9.10. The number of likely N-dealkylation sites (tertiary alicyclic amines) is 1. The summed E-state index contributed by atoms with van der Waals surface area (Å²) in [5, 5.41) is 0. The largest absolute Gasteiger partial charge is 1.00 e. The summed E-state index contributed by atoms with van der Waals surface area (Å²) in [4.78, 5) is 18.3. The Morgan fingerprint density at radius 3 is 2.57 bits per heavy atom. The molecule has 0 radical (unpaired) electrons. The molecule has 37 heavy (non-hydrogen) atoms. The van der Waals surface area contributed by atoms with Crippen LogP contribution in [0.15, 0.2) is 71.5 Å². The van der Waals surface area contributed by atoms with E-state index in [2.05, 4.69) is 124 Å². The predicted octanol–water partition coefficient (Wildman–Crippen LogP) is 2.33. The zero-order valence-electron chi connectivity index (χ0n) is 21.7. The van der Waals surface area contributed by atoms with E-state index in [0.29, 0.717) is 6.54 Å². The van der Waals surface area contributed by atoms with E-state index in [0.717, 1.165) is 35.0 Å². The van der Waals surface area contributed by atoms with Crippen LogP contribution in [0.3, 0.4) is 0 Å². The number of halogens is 2. The minimum Gasteiger partial charge on any atom is -1.00 e. The lowest BCUT2D eigenvalue weighted by Gasteiger charge is -2.34. The lowest BCUT2D eigenvalue weighted by molar-refractivity contribution is -0.663. The molecular weight excluding hydrogens is 592 g/mol. The third-order valence-corrected chi connectivity index (χ3v) is 9.19. The maximum atomic E-state index is 13.9. The molecule has 7 heteroatoms. The highest BCUT2D eigenvalue weighted by Gasteiger charge is 2.54. The summed E-state index contributed by atoms with van der Waals surface area (Å²) in [5.74, 6) is 0.173. The molecular formula is C30H32Br2N4O. The van der Waals surface area contributed by atoms with Gasteiger partial charge in [-0.15, -0.1) is 0 Å². The average molecular weight is 624 g/mol. The van der Waals surface area contributed by atoms with Crippen LogP contribution in [0.25, 0.3) is 11.0 Å². The number of aromatic nitrogens is 2. The number of hydrogen-bond donors (Lipinski definition) is 0. The second kappa shape index (κ2) is 9.59. The van der Waals surface area contributed by atoms with Gasteiger partial charge in [0.05, 0.1) is 0 Å². The van der Waals surface area contributed by atoms with Crippen LogP contribution in [0.2, 0.25) is 0 Å². The number of likely N-dealkylation sites (N-methyl/N-ethyl adjacent to an activating group) is 1. The molecule has 6 rings (SSSR count). The maximum Gasteiger partial charge on any atom is 0.266 e. The fourth-order valence-electron chi connectivity index (χ4n) is 6.35. The Kier molecular flexibility index (Phi) is 6.73. The van der Waals surface area contributed by atoms with Gasteiger partial charge in [0.2, 0.25) is 6.33 Å². The van der Waals surface area contributed by atoms with E-state index in [4.69, 9.17) is 0 Å². The smallest absolute Gasteiger partial charge is 0.266 e. The molecule has 5 nitrogen and oxygen atoms in total. The second-order valence-corrected chi connectivity index (χ2v) is 11.5. The summed E-state index contributed by atoms with van der Waals surface area (Å²) >= 11 is 3.70. The molecule has 1 saturated heterocycles. The van der Waals surface area contributed by atoms with E-state index in [9.17, 15) is 4.79 Å². The monoisotopic (exact) mass is 622 g/mol. The molecule has 2 unspecified atom stereocenters. The Morgan fingerprint density at radius 1 is 1.08 bits per heavy atom. The molecule has 0 spiro atoms. The SMILES string of the molecule is Cc1cc2c(cc1C)[n+](Cc1ccccc1Br)cn2CC(=O)N1CCC2(C)c3ccccc3N(C)C12.[Br-]. The number of hydrogen-bond acceptors (Lipinski definition) is 2. The van der Waals surface area contributed by atoms with Gasteiger partial charge in [-0.1, -0.05) is 59.3 Å². The van der Waals surface area contributed by atoms with Crippen LogP contribution < -0.4 is 26.4 Å². The Labute approximate surface area is 237 Å².